The van der Waals surface area contributed by atoms with Gasteiger partial charge in [-0.1, -0.05) is 16.7 Å². The highest BCUT2D eigenvalue weighted by Crippen LogP contribution is 2.35. The van der Waals surface area contributed by atoms with Gasteiger partial charge < -0.3 is 9.47 Å². The molecule has 0 aliphatic carbocycles. The lowest BCUT2D eigenvalue weighted by molar-refractivity contribution is 0.141. The molecule has 1 atom stereocenters. The second-order valence-corrected chi connectivity index (χ2v) is 5.02. The third-order valence-electron chi connectivity index (χ3n) is 3.17. The van der Waals surface area contributed by atoms with Gasteiger partial charge in [-0.05, 0) is 29.5 Å². The highest BCUT2D eigenvalue weighted by Gasteiger charge is 2.29. The number of aromatic nitrogens is 2. The van der Waals surface area contributed by atoms with E-state index in [4.69, 9.17) is 26.6 Å². The van der Waals surface area contributed by atoms with E-state index in [1.807, 2.05) is 0 Å². The molecule has 0 aliphatic rings. The van der Waals surface area contributed by atoms with Gasteiger partial charge in [0.2, 0.25) is 5.88 Å². The van der Waals surface area contributed by atoms with Gasteiger partial charge in [-0.25, -0.2) is 9.97 Å². The van der Waals surface area contributed by atoms with Crippen LogP contribution in [0.1, 0.15) is 12.5 Å². The molecule has 0 N–H and O–H groups in total. The predicted molar refractivity (Wildman–Crippen MR) is 79.5 cm³/mol. The quantitative estimate of drug-likeness (QED) is 0.366. The number of methoxy groups -OCH3 is 2. The van der Waals surface area contributed by atoms with E-state index in [0.717, 1.165) is 5.39 Å². The lowest BCUT2D eigenvalue weighted by Crippen LogP contribution is -2.25. The Morgan fingerprint density at radius 2 is 2.10 bits per heavy atom. The second-order valence-electron chi connectivity index (χ2n) is 4.63. The number of nitrogens with zero attached hydrogens (tertiary/aromatic N) is 5. The topological polar surface area (TPSA) is 93.0 Å². The molecule has 0 spiro atoms. The van der Waals surface area contributed by atoms with Crippen LogP contribution in [0.4, 0.5) is 0 Å². The molecule has 21 heavy (non-hydrogen) atoms. The van der Waals surface area contributed by atoms with Crippen LogP contribution < -0.4 is 4.74 Å². The number of hydrogen-bond donors (Lipinski definition) is 0. The van der Waals surface area contributed by atoms with Crippen molar-refractivity contribution in [1.29, 1.82) is 0 Å². The Labute approximate surface area is 126 Å². The molecule has 7 nitrogen and oxygen atoms in total. The summed E-state index contributed by atoms with van der Waals surface area (Å²) in [6.45, 7) is 1.98. The van der Waals surface area contributed by atoms with E-state index in [9.17, 15) is 0 Å². The summed E-state index contributed by atoms with van der Waals surface area (Å²) >= 11 is 5.98. The number of hydrogen-bond acceptors (Lipinski definition) is 5. The first-order chi connectivity index (χ1) is 10.1. The van der Waals surface area contributed by atoms with Gasteiger partial charge in [-0.15, -0.1) is 0 Å². The minimum absolute atomic E-state index is 0.208. The molecule has 0 aromatic carbocycles. The maximum Gasteiger partial charge on any atom is 0.222 e. The highest BCUT2D eigenvalue weighted by molar-refractivity contribution is 6.30. The van der Waals surface area contributed by atoms with Crippen molar-refractivity contribution in [3.63, 3.8) is 0 Å². The van der Waals surface area contributed by atoms with Crippen LogP contribution in [0, 0.1) is 0 Å². The summed E-state index contributed by atoms with van der Waals surface area (Å²) in [7, 11) is 3.07. The number of pyridine rings is 2. The summed E-state index contributed by atoms with van der Waals surface area (Å²) in [6.07, 6.45) is 3.18. The average Bonchev–Trinajstić information content (AvgIpc) is 2.46. The van der Waals surface area contributed by atoms with Gasteiger partial charge in [0.05, 0.1) is 24.6 Å². The first kappa shape index (κ1) is 15.3. The summed E-state index contributed by atoms with van der Waals surface area (Å²) in [5.41, 5.74) is 8.62. The van der Waals surface area contributed by atoms with E-state index >= 15 is 0 Å². The number of rotatable bonds is 5. The molecule has 8 heteroatoms. The Morgan fingerprint density at radius 3 is 2.71 bits per heavy atom. The monoisotopic (exact) mass is 307 g/mol. The molecule has 0 bridgehead atoms. The smallest absolute Gasteiger partial charge is 0.222 e. The Bertz CT molecular complexity index is 717. The van der Waals surface area contributed by atoms with E-state index < -0.39 is 5.54 Å². The van der Waals surface area contributed by atoms with E-state index in [1.165, 1.54) is 7.11 Å². The van der Waals surface area contributed by atoms with Crippen LogP contribution in [0.3, 0.4) is 0 Å². The van der Waals surface area contributed by atoms with E-state index in [2.05, 4.69) is 20.0 Å². The van der Waals surface area contributed by atoms with Gasteiger partial charge in [0.15, 0.2) is 0 Å². The van der Waals surface area contributed by atoms with Crippen LogP contribution in [0.2, 0.25) is 5.15 Å². The largest absolute Gasteiger partial charge is 0.481 e. The van der Waals surface area contributed by atoms with E-state index in [1.54, 1.807) is 32.5 Å². The molecule has 110 valence electrons. The molecule has 0 fully saturated rings. The Balaban J connectivity index is 2.79. The fraction of sp³-hybridized carbons (Fsp3) is 0.385. The first-order valence-electron chi connectivity index (χ1n) is 6.09. The normalized spacial score (nSPS) is 13.5. The van der Waals surface area contributed by atoms with Crippen molar-refractivity contribution in [2.45, 2.75) is 12.5 Å². The minimum atomic E-state index is -0.911. The van der Waals surface area contributed by atoms with Crippen LogP contribution in [0.25, 0.3) is 21.2 Å². The SMILES string of the molecule is COC[C@@](C)(N=[N+]=[N-])c1cnc(OC)c2cnc(Cl)cc12. The van der Waals surface area contributed by atoms with Gasteiger partial charge in [-0.3, -0.25) is 0 Å². The predicted octanol–water partition coefficient (Wildman–Crippen LogP) is 3.46. The number of azide groups is 1. The Hall–Kier alpha value is -2.08. The number of halogens is 1. The molecule has 0 aliphatic heterocycles. The van der Waals surface area contributed by atoms with Crippen LogP contribution in [-0.2, 0) is 10.3 Å². The van der Waals surface area contributed by atoms with Crippen molar-refractivity contribution in [1.82, 2.24) is 9.97 Å². The molecule has 2 rings (SSSR count). The summed E-state index contributed by atoms with van der Waals surface area (Å²) in [6, 6.07) is 1.69. The van der Waals surface area contributed by atoms with E-state index in [-0.39, 0.29) is 6.61 Å². The first-order valence-corrected chi connectivity index (χ1v) is 6.47. The average molecular weight is 308 g/mol. The molecule has 0 saturated heterocycles. The lowest BCUT2D eigenvalue weighted by Gasteiger charge is -2.25. The molecule has 0 unspecified atom stereocenters. The third kappa shape index (κ3) is 2.85. The molecular formula is C13H14ClN5O2. The second kappa shape index (κ2) is 6.13. The van der Waals surface area contributed by atoms with Gasteiger partial charge in [0.25, 0.3) is 0 Å². The molecule has 0 saturated carbocycles. The van der Waals surface area contributed by atoms with Crippen molar-refractivity contribution in [3.8, 4) is 5.88 Å². The summed E-state index contributed by atoms with van der Waals surface area (Å²) in [4.78, 5) is 11.2. The standard InChI is InChI=1S/C13H14ClN5O2/c1-13(7-20-2,18-19-15)10-6-17-12(21-3)9-5-16-11(14)4-8(9)10/h4-6H,7H2,1-3H3/t13-/m1/s1. The summed E-state index contributed by atoms with van der Waals surface area (Å²) in [5.74, 6) is 0.429. The Morgan fingerprint density at radius 1 is 1.33 bits per heavy atom. The van der Waals surface area contributed by atoms with Crippen LogP contribution in [-0.4, -0.2) is 30.8 Å². The lowest BCUT2D eigenvalue weighted by atomic mass is 9.91. The maximum atomic E-state index is 8.84. The minimum Gasteiger partial charge on any atom is -0.481 e. The molecule has 2 aromatic rings. The summed E-state index contributed by atoms with van der Waals surface area (Å²) in [5, 5.41) is 5.64. The highest BCUT2D eigenvalue weighted by atomic mass is 35.5. The van der Waals surface area contributed by atoms with Crippen LogP contribution in [0.15, 0.2) is 23.6 Å². The zero-order valence-corrected chi connectivity index (χ0v) is 12.6. The van der Waals surface area contributed by atoms with Crippen molar-refractivity contribution in [3.05, 3.63) is 39.6 Å². The van der Waals surface area contributed by atoms with Crippen molar-refractivity contribution >= 4 is 22.4 Å². The number of ether oxygens (including phenoxy) is 2. The maximum absolute atomic E-state index is 8.84. The molecule has 2 heterocycles. The van der Waals surface area contributed by atoms with Gasteiger partial charge >= 0.3 is 0 Å². The number of fused-ring (bicyclic) bond motifs is 1. The van der Waals surface area contributed by atoms with E-state index in [0.29, 0.717) is 22.0 Å². The summed E-state index contributed by atoms with van der Waals surface area (Å²) < 4.78 is 10.4. The van der Waals surface area contributed by atoms with Gasteiger partial charge in [-0.2, -0.15) is 0 Å². The molecular weight excluding hydrogens is 294 g/mol. The third-order valence-corrected chi connectivity index (χ3v) is 3.37. The van der Waals surface area contributed by atoms with Crippen molar-refractivity contribution < 1.29 is 9.47 Å². The van der Waals surface area contributed by atoms with Crippen molar-refractivity contribution in [2.24, 2.45) is 5.11 Å². The molecule has 0 radical (unpaired) electrons. The van der Waals surface area contributed by atoms with Crippen molar-refractivity contribution in [2.75, 3.05) is 20.8 Å². The fourth-order valence-electron chi connectivity index (χ4n) is 2.22. The van der Waals surface area contributed by atoms with Gasteiger partial charge in [0.1, 0.15) is 5.15 Å². The molecule has 0 amide bonds. The zero-order chi connectivity index (χ0) is 15.5. The Kier molecular flexibility index (Phi) is 4.47. The van der Waals surface area contributed by atoms with Crippen LogP contribution >= 0.6 is 11.6 Å². The molecule has 2 aromatic heterocycles. The zero-order valence-electron chi connectivity index (χ0n) is 11.9. The van der Waals surface area contributed by atoms with Gasteiger partial charge in [0, 0.05) is 24.4 Å². The van der Waals surface area contributed by atoms with Crippen LogP contribution in [0.5, 0.6) is 5.88 Å². The fourth-order valence-corrected chi connectivity index (χ4v) is 2.38.